The quantitative estimate of drug-likeness (QED) is 0.530. The van der Waals surface area contributed by atoms with E-state index in [-0.39, 0.29) is 5.91 Å². The van der Waals surface area contributed by atoms with Crippen molar-refractivity contribution in [3.8, 4) is 0 Å². The number of nitrogens with zero attached hydrogens (tertiary/aromatic N) is 1. The molecular formula is C15H25N3O3. The number of hydrogen-bond acceptors (Lipinski definition) is 5. The van der Waals surface area contributed by atoms with Gasteiger partial charge in [0.1, 0.15) is 0 Å². The zero-order valence-corrected chi connectivity index (χ0v) is 12.8. The second kappa shape index (κ2) is 9.20. The van der Waals surface area contributed by atoms with E-state index in [9.17, 15) is 4.79 Å². The third-order valence-electron chi connectivity index (χ3n) is 2.93. The maximum atomic E-state index is 12.5. The zero-order valence-electron chi connectivity index (χ0n) is 12.8. The van der Waals surface area contributed by atoms with Gasteiger partial charge in [0, 0.05) is 43.2 Å². The van der Waals surface area contributed by atoms with Crippen molar-refractivity contribution in [1.29, 1.82) is 0 Å². The van der Waals surface area contributed by atoms with E-state index in [2.05, 4.69) is 0 Å². The van der Waals surface area contributed by atoms with Crippen LogP contribution in [-0.2, 0) is 9.47 Å². The summed E-state index contributed by atoms with van der Waals surface area (Å²) in [6.07, 6.45) is 0. The molecule has 0 saturated heterocycles. The van der Waals surface area contributed by atoms with Gasteiger partial charge in [-0.3, -0.25) is 4.79 Å². The molecule has 118 valence electrons. The van der Waals surface area contributed by atoms with Gasteiger partial charge >= 0.3 is 0 Å². The highest BCUT2D eigenvalue weighted by atomic mass is 16.5. The minimum Gasteiger partial charge on any atom is -0.399 e. The molecule has 4 N–H and O–H groups in total. The SMILES string of the molecule is CCOCCN(CCOCC)C(=O)c1cc(N)cc(N)c1. The summed E-state index contributed by atoms with van der Waals surface area (Å²) < 4.78 is 10.6. The number of nitrogens with two attached hydrogens (primary N) is 2. The van der Waals surface area contributed by atoms with Gasteiger partial charge in [-0.2, -0.15) is 0 Å². The fourth-order valence-electron chi connectivity index (χ4n) is 1.94. The van der Waals surface area contributed by atoms with Gasteiger partial charge in [0.25, 0.3) is 5.91 Å². The van der Waals surface area contributed by atoms with Crippen molar-refractivity contribution in [3.63, 3.8) is 0 Å². The van der Waals surface area contributed by atoms with Crippen LogP contribution in [0.5, 0.6) is 0 Å². The minimum absolute atomic E-state index is 0.117. The molecule has 0 aromatic heterocycles. The van der Waals surface area contributed by atoms with Crippen molar-refractivity contribution in [2.24, 2.45) is 0 Å². The van der Waals surface area contributed by atoms with Gasteiger partial charge in [-0.1, -0.05) is 0 Å². The van der Waals surface area contributed by atoms with Crippen LogP contribution in [0.2, 0.25) is 0 Å². The molecule has 0 unspecified atom stereocenters. The van der Waals surface area contributed by atoms with Crippen molar-refractivity contribution >= 4 is 17.3 Å². The smallest absolute Gasteiger partial charge is 0.254 e. The molecule has 1 rings (SSSR count). The molecule has 0 aliphatic carbocycles. The van der Waals surface area contributed by atoms with Crippen LogP contribution in [0.25, 0.3) is 0 Å². The van der Waals surface area contributed by atoms with Gasteiger partial charge in [-0.15, -0.1) is 0 Å². The number of nitrogen functional groups attached to an aromatic ring is 2. The van der Waals surface area contributed by atoms with Gasteiger partial charge in [0.2, 0.25) is 0 Å². The predicted octanol–water partition coefficient (Wildman–Crippen LogP) is 1.37. The zero-order chi connectivity index (χ0) is 15.7. The Morgan fingerprint density at radius 2 is 1.48 bits per heavy atom. The Kier molecular flexibility index (Phi) is 7.56. The molecular weight excluding hydrogens is 270 g/mol. The molecule has 0 bridgehead atoms. The number of benzene rings is 1. The predicted molar refractivity (Wildman–Crippen MR) is 84.2 cm³/mol. The van der Waals surface area contributed by atoms with Gasteiger partial charge in [0.05, 0.1) is 13.2 Å². The van der Waals surface area contributed by atoms with Gasteiger partial charge < -0.3 is 25.8 Å². The molecule has 6 nitrogen and oxygen atoms in total. The maximum absolute atomic E-state index is 12.5. The van der Waals surface area contributed by atoms with Crippen molar-refractivity contribution < 1.29 is 14.3 Å². The molecule has 0 heterocycles. The fourth-order valence-corrected chi connectivity index (χ4v) is 1.94. The highest BCUT2D eigenvalue weighted by Gasteiger charge is 2.16. The van der Waals surface area contributed by atoms with Gasteiger partial charge in [0.15, 0.2) is 0 Å². The summed E-state index contributed by atoms with van der Waals surface area (Å²) >= 11 is 0. The Balaban J connectivity index is 2.76. The largest absolute Gasteiger partial charge is 0.399 e. The Bertz CT molecular complexity index is 422. The lowest BCUT2D eigenvalue weighted by Crippen LogP contribution is -2.36. The van der Waals surface area contributed by atoms with Crippen LogP contribution in [0.1, 0.15) is 24.2 Å². The topological polar surface area (TPSA) is 90.8 Å². The van der Waals surface area contributed by atoms with Crippen molar-refractivity contribution in [2.45, 2.75) is 13.8 Å². The normalized spacial score (nSPS) is 10.6. The number of amides is 1. The summed E-state index contributed by atoms with van der Waals surface area (Å²) in [5.41, 5.74) is 12.9. The lowest BCUT2D eigenvalue weighted by molar-refractivity contribution is 0.0550. The summed E-state index contributed by atoms with van der Waals surface area (Å²) in [5.74, 6) is -0.117. The summed E-state index contributed by atoms with van der Waals surface area (Å²) in [5, 5.41) is 0. The van der Waals surface area contributed by atoms with Crippen LogP contribution in [0.15, 0.2) is 18.2 Å². The number of ether oxygens (including phenoxy) is 2. The number of carbonyl (C=O) groups excluding carboxylic acids is 1. The van der Waals surface area contributed by atoms with Crippen molar-refractivity contribution in [1.82, 2.24) is 4.90 Å². The first kappa shape index (κ1) is 17.3. The molecule has 6 heteroatoms. The second-order valence-corrected chi connectivity index (χ2v) is 4.57. The lowest BCUT2D eigenvalue weighted by Gasteiger charge is -2.23. The Hall–Kier alpha value is -1.79. The van der Waals surface area contributed by atoms with E-state index in [0.29, 0.717) is 56.5 Å². The average molecular weight is 295 g/mol. The molecule has 0 radical (unpaired) electrons. The van der Waals surface area contributed by atoms with E-state index in [4.69, 9.17) is 20.9 Å². The number of hydrogen-bond donors (Lipinski definition) is 2. The van der Waals surface area contributed by atoms with E-state index in [0.717, 1.165) is 0 Å². The molecule has 0 spiro atoms. The van der Waals surface area contributed by atoms with Gasteiger partial charge in [-0.05, 0) is 32.0 Å². The minimum atomic E-state index is -0.117. The van der Waals surface area contributed by atoms with E-state index in [1.54, 1.807) is 23.1 Å². The van der Waals surface area contributed by atoms with Crippen molar-refractivity contribution in [3.05, 3.63) is 23.8 Å². The number of carbonyl (C=O) groups is 1. The highest BCUT2D eigenvalue weighted by Crippen LogP contribution is 2.15. The first-order chi connectivity index (χ1) is 10.1. The second-order valence-electron chi connectivity index (χ2n) is 4.57. The van der Waals surface area contributed by atoms with Crippen LogP contribution in [-0.4, -0.2) is 50.3 Å². The van der Waals surface area contributed by atoms with Crippen LogP contribution >= 0.6 is 0 Å². The van der Waals surface area contributed by atoms with Crippen LogP contribution in [0, 0.1) is 0 Å². The highest BCUT2D eigenvalue weighted by molar-refractivity contribution is 5.96. The monoisotopic (exact) mass is 295 g/mol. The molecule has 0 aliphatic rings. The van der Waals surface area contributed by atoms with Crippen LogP contribution < -0.4 is 11.5 Å². The third kappa shape index (κ3) is 6.01. The molecule has 1 aromatic rings. The van der Waals surface area contributed by atoms with Crippen LogP contribution in [0.4, 0.5) is 11.4 Å². The summed E-state index contributed by atoms with van der Waals surface area (Å²) in [7, 11) is 0. The van der Waals surface area contributed by atoms with E-state index < -0.39 is 0 Å². The average Bonchev–Trinajstić information content (AvgIpc) is 2.44. The van der Waals surface area contributed by atoms with E-state index in [1.807, 2.05) is 13.8 Å². The summed E-state index contributed by atoms with van der Waals surface area (Å²) in [6.45, 7) is 7.09. The lowest BCUT2D eigenvalue weighted by atomic mass is 10.1. The van der Waals surface area contributed by atoms with Crippen molar-refractivity contribution in [2.75, 3.05) is 51.0 Å². The molecule has 21 heavy (non-hydrogen) atoms. The molecule has 0 saturated carbocycles. The Labute approximate surface area is 126 Å². The first-order valence-corrected chi connectivity index (χ1v) is 7.19. The first-order valence-electron chi connectivity index (χ1n) is 7.19. The molecule has 0 aliphatic heterocycles. The molecule has 1 amide bonds. The number of rotatable bonds is 9. The maximum Gasteiger partial charge on any atom is 0.254 e. The summed E-state index contributed by atoms with van der Waals surface area (Å²) in [4.78, 5) is 14.2. The fraction of sp³-hybridized carbons (Fsp3) is 0.533. The number of anilines is 2. The van der Waals surface area contributed by atoms with E-state index in [1.165, 1.54) is 0 Å². The molecule has 0 fully saturated rings. The third-order valence-corrected chi connectivity index (χ3v) is 2.93. The molecule has 1 aromatic carbocycles. The summed E-state index contributed by atoms with van der Waals surface area (Å²) in [6, 6.07) is 4.89. The standard InChI is InChI=1S/C15H25N3O3/c1-3-20-7-5-18(6-8-21-4-2)15(19)12-9-13(16)11-14(17)10-12/h9-11H,3-8,16-17H2,1-2H3. The Morgan fingerprint density at radius 1 is 1.00 bits per heavy atom. The Morgan fingerprint density at radius 3 is 1.90 bits per heavy atom. The van der Waals surface area contributed by atoms with Gasteiger partial charge in [-0.25, -0.2) is 0 Å². The van der Waals surface area contributed by atoms with E-state index >= 15 is 0 Å². The molecule has 0 atom stereocenters. The van der Waals surface area contributed by atoms with Crippen LogP contribution in [0.3, 0.4) is 0 Å².